The summed E-state index contributed by atoms with van der Waals surface area (Å²) in [5.74, 6) is -0.881. The molecule has 0 aromatic heterocycles. The molecule has 120 valence electrons. The smallest absolute Gasteiger partial charge is 0.409 e. The first-order chi connectivity index (χ1) is 9.81. The van der Waals surface area contributed by atoms with Crippen molar-refractivity contribution in [3.8, 4) is 0 Å². The van der Waals surface area contributed by atoms with Gasteiger partial charge in [-0.1, -0.05) is 0 Å². The zero-order valence-corrected chi connectivity index (χ0v) is 13.1. The van der Waals surface area contributed by atoms with E-state index in [1.807, 2.05) is 0 Å². The molecule has 0 aromatic carbocycles. The Labute approximate surface area is 124 Å². The van der Waals surface area contributed by atoms with Gasteiger partial charge in [-0.15, -0.1) is 0 Å². The fraction of sp³-hybridized carbons (Fsp3) is 0.786. The van der Waals surface area contributed by atoms with E-state index < -0.39 is 11.5 Å². The summed E-state index contributed by atoms with van der Waals surface area (Å²) < 4.78 is 9.58. The number of nitrogens with one attached hydrogen (secondary N) is 1. The van der Waals surface area contributed by atoms with Gasteiger partial charge in [0.25, 0.3) is 0 Å². The molecule has 0 saturated carbocycles. The van der Waals surface area contributed by atoms with E-state index >= 15 is 0 Å². The molecule has 0 spiro atoms. The first-order valence-electron chi connectivity index (χ1n) is 7.14. The Morgan fingerprint density at radius 3 is 2.29 bits per heavy atom. The lowest BCUT2D eigenvalue weighted by Crippen LogP contribution is -2.53. The van der Waals surface area contributed by atoms with Gasteiger partial charge in [0.05, 0.1) is 13.7 Å². The van der Waals surface area contributed by atoms with Gasteiger partial charge in [0.1, 0.15) is 5.54 Å². The highest BCUT2D eigenvalue weighted by atomic mass is 16.6. The predicted molar refractivity (Wildman–Crippen MR) is 75.6 cm³/mol. The Morgan fingerprint density at radius 1 is 1.24 bits per heavy atom. The zero-order chi connectivity index (χ0) is 16.0. The van der Waals surface area contributed by atoms with Crippen LogP contribution in [-0.4, -0.2) is 55.2 Å². The topological polar surface area (TPSA) is 84.9 Å². The van der Waals surface area contributed by atoms with Crippen LogP contribution in [0, 0.1) is 5.92 Å². The fourth-order valence-corrected chi connectivity index (χ4v) is 2.26. The molecule has 7 nitrogen and oxygen atoms in total. The molecule has 0 radical (unpaired) electrons. The number of hydrogen-bond donors (Lipinski definition) is 1. The van der Waals surface area contributed by atoms with Crippen LogP contribution in [0.2, 0.25) is 0 Å². The van der Waals surface area contributed by atoms with Gasteiger partial charge in [-0.3, -0.25) is 4.79 Å². The van der Waals surface area contributed by atoms with Crippen molar-refractivity contribution in [1.29, 1.82) is 0 Å². The average molecular weight is 300 g/mol. The molecule has 0 bridgehead atoms. The Bertz CT molecular complexity index is 400. The second-order valence-corrected chi connectivity index (χ2v) is 5.57. The van der Waals surface area contributed by atoms with E-state index in [0.717, 1.165) is 0 Å². The third kappa shape index (κ3) is 4.61. The Balaban J connectivity index is 2.49. The highest BCUT2D eigenvalue weighted by Crippen LogP contribution is 2.19. The highest BCUT2D eigenvalue weighted by molar-refractivity contribution is 5.88. The van der Waals surface area contributed by atoms with E-state index in [9.17, 15) is 14.4 Å². The third-order valence-corrected chi connectivity index (χ3v) is 3.52. The van der Waals surface area contributed by atoms with Gasteiger partial charge in [-0.05, 0) is 33.6 Å². The molecule has 0 unspecified atom stereocenters. The first kappa shape index (κ1) is 17.3. The number of amides is 2. The van der Waals surface area contributed by atoms with Crippen molar-refractivity contribution in [2.24, 2.45) is 5.92 Å². The van der Waals surface area contributed by atoms with Crippen LogP contribution in [0.4, 0.5) is 4.79 Å². The van der Waals surface area contributed by atoms with E-state index in [2.05, 4.69) is 10.1 Å². The van der Waals surface area contributed by atoms with Gasteiger partial charge in [0.2, 0.25) is 5.91 Å². The number of likely N-dealkylation sites (tertiary alicyclic amines) is 1. The quantitative estimate of drug-likeness (QED) is 0.780. The molecule has 1 saturated heterocycles. The normalized spacial score (nSPS) is 16.3. The molecule has 1 aliphatic rings. The van der Waals surface area contributed by atoms with Crippen LogP contribution in [-0.2, 0) is 19.1 Å². The lowest BCUT2D eigenvalue weighted by Gasteiger charge is -2.32. The largest absolute Gasteiger partial charge is 0.467 e. The Kier molecular flexibility index (Phi) is 5.99. The van der Waals surface area contributed by atoms with Crippen LogP contribution < -0.4 is 5.32 Å². The second kappa shape index (κ2) is 7.28. The predicted octanol–water partition coefficient (Wildman–Crippen LogP) is 0.923. The third-order valence-electron chi connectivity index (χ3n) is 3.52. The average Bonchev–Trinajstić information content (AvgIpc) is 2.46. The summed E-state index contributed by atoms with van der Waals surface area (Å²) in [6, 6.07) is 0. The molecule has 1 N–H and O–H groups in total. The van der Waals surface area contributed by atoms with Crippen LogP contribution in [0.5, 0.6) is 0 Å². The molecular formula is C14H24N2O5. The fourth-order valence-electron chi connectivity index (χ4n) is 2.26. The number of carbonyl (C=O) groups excluding carboxylic acids is 3. The summed E-state index contributed by atoms with van der Waals surface area (Å²) in [6.07, 6.45) is 0.773. The van der Waals surface area contributed by atoms with Crippen molar-refractivity contribution in [2.45, 2.75) is 39.2 Å². The van der Waals surface area contributed by atoms with E-state index in [1.54, 1.807) is 25.7 Å². The summed E-state index contributed by atoms with van der Waals surface area (Å²) in [6.45, 7) is 6.26. The monoisotopic (exact) mass is 300 g/mol. The maximum absolute atomic E-state index is 12.2. The van der Waals surface area contributed by atoms with Crippen molar-refractivity contribution >= 4 is 18.0 Å². The minimum atomic E-state index is -1.05. The van der Waals surface area contributed by atoms with Crippen LogP contribution in [0.3, 0.4) is 0 Å². The summed E-state index contributed by atoms with van der Waals surface area (Å²) in [4.78, 5) is 36.9. The zero-order valence-electron chi connectivity index (χ0n) is 13.1. The van der Waals surface area contributed by atoms with Gasteiger partial charge >= 0.3 is 12.1 Å². The summed E-state index contributed by atoms with van der Waals surface area (Å²) >= 11 is 0. The SMILES string of the molecule is CCOC(=O)N1CCC(C(=O)NC(C)(C)C(=O)OC)CC1. The molecule has 0 atom stereocenters. The van der Waals surface area contributed by atoms with Gasteiger partial charge in [-0.25, -0.2) is 9.59 Å². The van der Waals surface area contributed by atoms with Crippen LogP contribution in [0.1, 0.15) is 33.6 Å². The molecule has 0 aromatic rings. The van der Waals surface area contributed by atoms with Crippen molar-refractivity contribution in [3.63, 3.8) is 0 Å². The second-order valence-electron chi connectivity index (χ2n) is 5.57. The highest BCUT2D eigenvalue weighted by Gasteiger charge is 2.34. The summed E-state index contributed by atoms with van der Waals surface area (Å²) in [5.41, 5.74) is -1.05. The lowest BCUT2D eigenvalue weighted by atomic mass is 9.94. The minimum Gasteiger partial charge on any atom is -0.467 e. The maximum Gasteiger partial charge on any atom is 0.409 e. The van der Waals surface area contributed by atoms with Crippen molar-refractivity contribution in [3.05, 3.63) is 0 Å². The molecule has 21 heavy (non-hydrogen) atoms. The molecule has 1 fully saturated rings. The number of piperidine rings is 1. The van der Waals surface area contributed by atoms with Crippen molar-refractivity contribution in [2.75, 3.05) is 26.8 Å². The number of nitrogens with zero attached hydrogens (tertiary/aromatic N) is 1. The standard InChI is InChI=1S/C14H24N2O5/c1-5-21-13(19)16-8-6-10(7-9-16)11(17)15-14(2,3)12(18)20-4/h10H,5-9H2,1-4H3,(H,15,17). The van der Waals surface area contributed by atoms with Gasteiger partial charge < -0.3 is 19.7 Å². The van der Waals surface area contributed by atoms with E-state index in [4.69, 9.17) is 4.74 Å². The van der Waals surface area contributed by atoms with Crippen LogP contribution in [0.25, 0.3) is 0 Å². The van der Waals surface area contributed by atoms with Gasteiger partial charge in [0, 0.05) is 19.0 Å². The van der Waals surface area contributed by atoms with Gasteiger partial charge in [0.15, 0.2) is 0 Å². The molecule has 1 aliphatic heterocycles. The minimum absolute atomic E-state index is 0.186. The van der Waals surface area contributed by atoms with Crippen molar-refractivity contribution < 1.29 is 23.9 Å². The number of carbonyl (C=O) groups is 3. The maximum atomic E-state index is 12.2. The molecule has 2 amide bonds. The number of rotatable bonds is 4. The number of hydrogen-bond acceptors (Lipinski definition) is 5. The molecule has 1 rings (SSSR count). The van der Waals surface area contributed by atoms with Crippen molar-refractivity contribution in [1.82, 2.24) is 10.2 Å². The van der Waals surface area contributed by atoms with Gasteiger partial charge in [-0.2, -0.15) is 0 Å². The van der Waals surface area contributed by atoms with E-state index in [0.29, 0.717) is 32.5 Å². The van der Waals surface area contributed by atoms with E-state index in [-0.39, 0.29) is 17.9 Å². The number of esters is 1. The Hall–Kier alpha value is -1.79. The first-order valence-corrected chi connectivity index (χ1v) is 7.14. The Morgan fingerprint density at radius 2 is 1.81 bits per heavy atom. The molecular weight excluding hydrogens is 276 g/mol. The van der Waals surface area contributed by atoms with Crippen LogP contribution in [0.15, 0.2) is 0 Å². The van der Waals surface area contributed by atoms with E-state index in [1.165, 1.54) is 7.11 Å². The van der Waals surface area contributed by atoms with Crippen LogP contribution >= 0.6 is 0 Å². The summed E-state index contributed by atoms with van der Waals surface area (Å²) in [5, 5.41) is 2.70. The molecule has 0 aliphatic carbocycles. The number of ether oxygens (including phenoxy) is 2. The molecule has 7 heteroatoms. The number of methoxy groups -OCH3 is 1. The molecule has 1 heterocycles. The summed E-state index contributed by atoms with van der Waals surface area (Å²) in [7, 11) is 1.29. The lowest BCUT2D eigenvalue weighted by molar-refractivity contribution is -0.150.